The average Bonchev–Trinajstić information content (AvgIpc) is 3.22. The topological polar surface area (TPSA) is 55.2 Å². The first-order valence-corrected chi connectivity index (χ1v) is 9.23. The molecular weight excluding hydrogens is 312 g/mol. The van der Waals surface area contributed by atoms with Crippen LogP contribution in [0, 0.1) is 34.8 Å². The van der Waals surface area contributed by atoms with E-state index >= 15 is 0 Å². The molecule has 0 radical (unpaired) electrons. The Morgan fingerprint density at radius 1 is 1.12 bits per heavy atom. The van der Waals surface area contributed by atoms with Crippen molar-refractivity contribution in [1.82, 2.24) is 0 Å². The van der Waals surface area contributed by atoms with Gasteiger partial charge in [-0.3, -0.25) is 10.1 Å². The number of nitro groups is 1. The second-order valence-corrected chi connectivity index (χ2v) is 8.00. The number of fused-ring (bicyclic) bond motifs is 7. The summed E-state index contributed by atoms with van der Waals surface area (Å²) in [4.78, 5) is 11.0. The zero-order valence-electron chi connectivity index (χ0n) is 14.3. The first kappa shape index (κ1) is 14.9. The Kier molecular flexibility index (Phi) is 3.18. The fourth-order valence-electron chi connectivity index (χ4n) is 5.78. The molecule has 2 fully saturated rings. The molecule has 2 saturated carbocycles. The molecule has 0 spiro atoms. The van der Waals surface area contributed by atoms with Gasteiger partial charge in [0.1, 0.15) is 0 Å². The molecule has 0 amide bonds. The summed E-state index contributed by atoms with van der Waals surface area (Å²) in [5.41, 5.74) is 5.12. The molecule has 2 aromatic carbocycles. The van der Waals surface area contributed by atoms with Crippen LogP contribution in [0.3, 0.4) is 0 Å². The molecular formula is C21H22N2O2. The zero-order valence-corrected chi connectivity index (χ0v) is 14.3. The second-order valence-electron chi connectivity index (χ2n) is 8.00. The van der Waals surface area contributed by atoms with Crippen molar-refractivity contribution in [1.29, 1.82) is 0 Å². The summed E-state index contributed by atoms with van der Waals surface area (Å²) in [6.07, 6.45) is 3.86. The van der Waals surface area contributed by atoms with Crippen molar-refractivity contribution in [2.45, 2.75) is 38.1 Å². The van der Waals surface area contributed by atoms with Crippen LogP contribution < -0.4 is 5.32 Å². The van der Waals surface area contributed by atoms with Crippen molar-refractivity contribution in [2.75, 3.05) is 5.32 Å². The van der Waals surface area contributed by atoms with Crippen LogP contribution >= 0.6 is 0 Å². The quantitative estimate of drug-likeness (QED) is 0.606. The van der Waals surface area contributed by atoms with E-state index in [2.05, 4.69) is 36.5 Å². The lowest BCUT2D eigenvalue weighted by molar-refractivity contribution is -0.384. The molecule has 128 valence electrons. The van der Waals surface area contributed by atoms with Crippen molar-refractivity contribution in [2.24, 2.45) is 17.8 Å². The molecule has 1 heterocycles. The summed E-state index contributed by atoms with van der Waals surface area (Å²) in [7, 11) is 0. The number of hydrogen-bond acceptors (Lipinski definition) is 3. The maximum atomic E-state index is 11.2. The number of hydrogen-bond donors (Lipinski definition) is 1. The van der Waals surface area contributed by atoms with E-state index in [-0.39, 0.29) is 10.6 Å². The van der Waals surface area contributed by atoms with E-state index in [0.29, 0.717) is 23.8 Å². The summed E-state index contributed by atoms with van der Waals surface area (Å²) in [6, 6.07) is 14.5. The van der Waals surface area contributed by atoms with E-state index in [1.165, 1.54) is 36.0 Å². The highest BCUT2D eigenvalue weighted by molar-refractivity contribution is 5.62. The maximum absolute atomic E-state index is 11.2. The largest absolute Gasteiger partial charge is 0.378 e. The number of aryl methyl sites for hydroxylation is 1. The smallest absolute Gasteiger partial charge is 0.269 e. The Hall–Kier alpha value is -2.36. The van der Waals surface area contributed by atoms with E-state index in [1.54, 1.807) is 6.07 Å². The fourth-order valence-corrected chi connectivity index (χ4v) is 5.78. The number of non-ortho nitro benzene ring substituents is 1. The number of anilines is 1. The third kappa shape index (κ3) is 2.20. The van der Waals surface area contributed by atoms with Crippen molar-refractivity contribution in [3.8, 4) is 0 Å². The van der Waals surface area contributed by atoms with E-state index in [1.807, 2.05) is 12.1 Å². The second kappa shape index (κ2) is 5.32. The molecule has 2 aromatic rings. The number of nitrogens with one attached hydrogen (secondary N) is 1. The van der Waals surface area contributed by atoms with Crippen LogP contribution in [0.1, 0.15) is 47.9 Å². The minimum Gasteiger partial charge on any atom is -0.378 e. The van der Waals surface area contributed by atoms with Crippen LogP contribution in [0.2, 0.25) is 0 Å². The standard InChI is InChI=1S/C21H22N2O2/c1-12-3-2-4-15(9-12)21-20-14-6-5-13(10-14)19(20)17-11-16(23(24)25)7-8-18(17)22-21/h2-4,7-9,11,13-14,19-22H,5-6,10H2,1H3/t13-,14-,19-,20-,21-/m0/s1. The van der Waals surface area contributed by atoms with Gasteiger partial charge in [0.05, 0.1) is 11.0 Å². The molecule has 5 rings (SSSR count). The fraction of sp³-hybridized carbons (Fsp3) is 0.429. The molecule has 1 N–H and O–H groups in total. The van der Waals surface area contributed by atoms with Crippen molar-refractivity contribution in [3.05, 3.63) is 69.3 Å². The van der Waals surface area contributed by atoms with Crippen molar-refractivity contribution < 1.29 is 4.92 Å². The zero-order chi connectivity index (χ0) is 17.1. The molecule has 3 aliphatic rings. The van der Waals surface area contributed by atoms with Crippen molar-refractivity contribution in [3.63, 3.8) is 0 Å². The lowest BCUT2D eigenvalue weighted by Crippen LogP contribution is -2.35. The van der Waals surface area contributed by atoms with Gasteiger partial charge in [0.15, 0.2) is 0 Å². The molecule has 25 heavy (non-hydrogen) atoms. The van der Waals surface area contributed by atoms with Gasteiger partial charge in [0.25, 0.3) is 5.69 Å². The molecule has 0 unspecified atom stereocenters. The van der Waals surface area contributed by atoms with Crippen LogP contribution in [0.15, 0.2) is 42.5 Å². The summed E-state index contributed by atoms with van der Waals surface area (Å²) in [5.74, 6) is 2.43. The molecule has 2 aliphatic carbocycles. The Morgan fingerprint density at radius 3 is 2.76 bits per heavy atom. The summed E-state index contributed by atoms with van der Waals surface area (Å²) in [5, 5.41) is 15.0. The van der Waals surface area contributed by atoms with Gasteiger partial charge < -0.3 is 5.32 Å². The summed E-state index contributed by atoms with van der Waals surface area (Å²) in [6.45, 7) is 2.14. The van der Waals surface area contributed by atoms with Crippen molar-refractivity contribution >= 4 is 11.4 Å². The van der Waals surface area contributed by atoms with Crippen LogP contribution in [-0.4, -0.2) is 4.92 Å². The number of rotatable bonds is 2. The normalized spacial score (nSPS) is 32.0. The van der Waals surface area contributed by atoms with E-state index in [0.717, 1.165) is 11.6 Å². The average molecular weight is 334 g/mol. The summed E-state index contributed by atoms with van der Waals surface area (Å²) < 4.78 is 0. The first-order valence-electron chi connectivity index (χ1n) is 9.23. The van der Waals surface area contributed by atoms with Gasteiger partial charge in [-0.2, -0.15) is 0 Å². The molecule has 4 heteroatoms. The van der Waals surface area contributed by atoms with E-state index in [9.17, 15) is 10.1 Å². The highest BCUT2D eigenvalue weighted by atomic mass is 16.6. The van der Waals surface area contributed by atoms with Crippen LogP contribution in [-0.2, 0) is 0 Å². The number of nitrogens with zero attached hydrogens (tertiary/aromatic N) is 1. The molecule has 2 bridgehead atoms. The Bertz CT molecular complexity index is 863. The Balaban J connectivity index is 1.64. The van der Waals surface area contributed by atoms with Gasteiger partial charge in [-0.05, 0) is 67.1 Å². The molecule has 0 saturated heterocycles. The SMILES string of the molecule is Cc1cccc([C@@H]2Nc3ccc([N+](=O)[O-])cc3[C@@H]3[C@H]4CC[C@@H](C4)[C@@H]32)c1. The van der Waals surface area contributed by atoms with Gasteiger partial charge in [0.2, 0.25) is 0 Å². The van der Waals surface area contributed by atoms with Gasteiger partial charge >= 0.3 is 0 Å². The monoisotopic (exact) mass is 334 g/mol. The molecule has 1 aliphatic heterocycles. The predicted molar refractivity (Wildman–Crippen MR) is 97.7 cm³/mol. The van der Waals surface area contributed by atoms with Gasteiger partial charge in [-0.1, -0.05) is 29.8 Å². The Labute approximate surface area is 147 Å². The third-order valence-corrected chi connectivity index (χ3v) is 6.68. The minimum atomic E-state index is -0.269. The van der Waals surface area contributed by atoms with Gasteiger partial charge in [-0.25, -0.2) is 0 Å². The highest BCUT2D eigenvalue weighted by Crippen LogP contribution is 2.63. The first-order chi connectivity index (χ1) is 12.1. The number of benzene rings is 2. The van der Waals surface area contributed by atoms with E-state index < -0.39 is 0 Å². The van der Waals surface area contributed by atoms with Gasteiger partial charge in [0, 0.05) is 17.8 Å². The van der Waals surface area contributed by atoms with Crippen LogP contribution in [0.4, 0.5) is 11.4 Å². The minimum absolute atomic E-state index is 0.219. The maximum Gasteiger partial charge on any atom is 0.269 e. The molecule has 4 nitrogen and oxygen atoms in total. The van der Waals surface area contributed by atoms with Gasteiger partial charge in [-0.15, -0.1) is 0 Å². The number of nitro benzene ring substituents is 1. The van der Waals surface area contributed by atoms with E-state index in [4.69, 9.17) is 0 Å². The summed E-state index contributed by atoms with van der Waals surface area (Å²) >= 11 is 0. The molecule has 0 aromatic heterocycles. The van der Waals surface area contributed by atoms with Crippen LogP contribution in [0.5, 0.6) is 0 Å². The Morgan fingerprint density at radius 2 is 1.96 bits per heavy atom. The predicted octanol–water partition coefficient (Wildman–Crippen LogP) is 5.20. The van der Waals surface area contributed by atoms with Crippen LogP contribution in [0.25, 0.3) is 0 Å². The highest BCUT2D eigenvalue weighted by Gasteiger charge is 2.54. The lowest BCUT2D eigenvalue weighted by atomic mass is 9.68. The molecule has 5 atom stereocenters. The third-order valence-electron chi connectivity index (χ3n) is 6.68. The lowest BCUT2D eigenvalue weighted by Gasteiger charge is -2.43.